The van der Waals surface area contributed by atoms with Gasteiger partial charge in [0.05, 0.1) is 28.1 Å². The zero-order valence-corrected chi connectivity index (χ0v) is 38.3. The molecule has 0 amide bonds. The number of rotatable bonds is 10. The standard InChI is InChI=1S/C64H51N3/c1-43-20-17-21-44(2)62(43)49-34-36-60-58(38-49)59-39-50(63-45(3)22-18-23-46(63)4)35-37-61(59)67(60)55-41-51(40-54(42-55)66(52-28-13-7-14-29-52)53-30-15-8-16-31-53)65-64-56(47-24-9-5-10-25-47)32-19-33-57(64)48-26-11-6-12-27-48/h5-42,65H,1-4H3. The van der Waals surface area contributed by atoms with Crippen LogP contribution in [0.25, 0.3) is 72.0 Å². The van der Waals surface area contributed by atoms with Crippen molar-refractivity contribution in [3.8, 4) is 50.2 Å². The first kappa shape index (κ1) is 41.3. The van der Waals surface area contributed by atoms with Crippen LogP contribution in [0, 0.1) is 27.7 Å². The number of benzene rings is 10. The molecule has 0 aliphatic heterocycles. The van der Waals surface area contributed by atoms with E-state index in [4.69, 9.17) is 0 Å². The smallest absolute Gasteiger partial charge is 0.0543 e. The number of nitrogens with zero attached hydrogens (tertiary/aromatic N) is 2. The Balaban J connectivity index is 1.20. The van der Waals surface area contributed by atoms with E-state index >= 15 is 0 Å². The van der Waals surface area contributed by atoms with Crippen LogP contribution in [0.15, 0.2) is 231 Å². The number of nitrogens with one attached hydrogen (secondary N) is 1. The Labute approximate surface area is 393 Å². The molecule has 0 unspecified atom stereocenters. The Morgan fingerprint density at radius 1 is 0.343 bits per heavy atom. The van der Waals surface area contributed by atoms with E-state index in [9.17, 15) is 0 Å². The lowest BCUT2D eigenvalue weighted by molar-refractivity contribution is 1.17. The molecule has 10 aromatic carbocycles. The number of aryl methyl sites for hydroxylation is 4. The van der Waals surface area contributed by atoms with Gasteiger partial charge in [-0.05, 0) is 150 Å². The topological polar surface area (TPSA) is 20.2 Å². The van der Waals surface area contributed by atoms with Gasteiger partial charge in [0.15, 0.2) is 0 Å². The summed E-state index contributed by atoms with van der Waals surface area (Å²) in [7, 11) is 0. The molecule has 0 radical (unpaired) electrons. The average Bonchev–Trinajstić information content (AvgIpc) is 3.68. The maximum atomic E-state index is 4.08. The van der Waals surface area contributed by atoms with Crippen molar-refractivity contribution in [2.75, 3.05) is 10.2 Å². The zero-order chi connectivity index (χ0) is 45.4. The van der Waals surface area contributed by atoms with Gasteiger partial charge in [0.2, 0.25) is 0 Å². The van der Waals surface area contributed by atoms with E-state index in [-0.39, 0.29) is 0 Å². The summed E-state index contributed by atoms with van der Waals surface area (Å²) in [6.45, 7) is 8.89. The van der Waals surface area contributed by atoms with Crippen LogP contribution in [0.4, 0.5) is 28.4 Å². The average molecular weight is 862 g/mol. The van der Waals surface area contributed by atoms with Crippen molar-refractivity contribution in [1.82, 2.24) is 4.57 Å². The molecule has 322 valence electrons. The second kappa shape index (κ2) is 17.5. The lowest BCUT2D eigenvalue weighted by Crippen LogP contribution is -2.11. The summed E-state index contributed by atoms with van der Waals surface area (Å²) in [4.78, 5) is 2.36. The van der Waals surface area contributed by atoms with Crippen LogP contribution in [-0.2, 0) is 0 Å². The molecule has 0 aliphatic rings. The molecule has 0 saturated heterocycles. The Kier molecular flexibility index (Phi) is 10.8. The van der Waals surface area contributed by atoms with Gasteiger partial charge in [0.1, 0.15) is 0 Å². The Hall–Kier alpha value is -8.40. The molecule has 0 saturated carbocycles. The highest BCUT2D eigenvalue weighted by molar-refractivity contribution is 6.12. The number of hydrogen-bond donors (Lipinski definition) is 1. The van der Waals surface area contributed by atoms with Gasteiger partial charge in [-0.1, -0.05) is 164 Å². The molecular weight excluding hydrogens is 811 g/mol. The van der Waals surface area contributed by atoms with Gasteiger partial charge in [-0.15, -0.1) is 0 Å². The quantitative estimate of drug-likeness (QED) is 0.148. The van der Waals surface area contributed by atoms with Crippen molar-refractivity contribution < 1.29 is 0 Å². The summed E-state index contributed by atoms with van der Waals surface area (Å²) in [5.74, 6) is 0. The third-order valence-corrected chi connectivity index (χ3v) is 13.3. The summed E-state index contributed by atoms with van der Waals surface area (Å²) in [5.41, 5.74) is 23.2. The third-order valence-electron chi connectivity index (χ3n) is 13.3. The Morgan fingerprint density at radius 2 is 0.761 bits per heavy atom. The Bertz CT molecular complexity index is 3330. The molecule has 1 N–H and O–H groups in total. The van der Waals surface area contributed by atoms with E-state index in [0.717, 1.165) is 67.4 Å². The molecule has 0 aliphatic carbocycles. The highest BCUT2D eigenvalue weighted by Crippen LogP contribution is 2.45. The lowest BCUT2D eigenvalue weighted by Gasteiger charge is -2.27. The van der Waals surface area contributed by atoms with Crippen molar-refractivity contribution in [3.63, 3.8) is 0 Å². The van der Waals surface area contributed by atoms with Crippen LogP contribution in [-0.4, -0.2) is 4.57 Å². The summed E-state index contributed by atoms with van der Waals surface area (Å²) in [6.07, 6.45) is 0. The fraction of sp³-hybridized carbons (Fsp3) is 0.0625. The second-order valence-electron chi connectivity index (χ2n) is 17.7. The molecule has 3 nitrogen and oxygen atoms in total. The van der Waals surface area contributed by atoms with Crippen LogP contribution >= 0.6 is 0 Å². The molecule has 67 heavy (non-hydrogen) atoms. The van der Waals surface area contributed by atoms with Crippen molar-refractivity contribution in [2.45, 2.75) is 27.7 Å². The normalized spacial score (nSPS) is 11.3. The largest absolute Gasteiger partial charge is 0.354 e. The van der Waals surface area contributed by atoms with Crippen molar-refractivity contribution in [1.29, 1.82) is 0 Å². The highest BCUT2D eigenvalue weighted by atomic mass is 15.1. The Morgan fingerprint density at radius 3 is 1.21 bits per heavy atom. The molecule has 11 rings (SSSR count). The molecular formula is C64H51N3. The fourth-order valence-electron chi connectivity index (χ4n) is 10.2. The SMILES string of the molecule is Cc1cccc(C)c1-c1ccc2c(c1)c1cc(-c3c(C)cccc3C)ccc1n2-c1cc(Nc2c(-c3ccccc3)cccc2-c2ccccc2)cc(N(c2ccccc2)c2ccccc2)c1. The van der Waals surface area contributed by atoms with E-state index in [1.165, 1.54) is 55.3 Å². The van der Waals surface area contributed by atoms with Gasteiger partial charge in [0.25, 0.3) is 0 Å². The minimum atomic E-state index is 0.972. The molecule has 0 spiro atoms. The maximum absolute atomic E-state index is 4.08. The van der Waals surface area contributed by atoms with Crippen LogP contribution in [0.5, 0.6) is 0 Å². The van der Waals surface area contributed by atoms with Gasteiger partial charge >= 0.3 is 0 Å². The van der Waals surface area contributed by atoms with E-state index in [1.54, 1.807) is 0 Å². The highest BCUT2D eigenvalue weighted by Gasteiger charge is 2.21. The molecule has 1 heterocycles. The summed E-state index contributed by atoms with van der Waals surface area (Å²) in [6, 6.07) is 83.7. The first-order chi connectivity index (χ1) is 32.9. The third kappa shape index (κ3) is 7.75. The second-order valence-corrected chi connectivity index (χ2v) is 17.7. The van der Waals surface area contributed by atoms with E-state index in [1.807, 2.05) is 0 Å². The maximum Gasteiger partial charge on any atom is 0.0543 e. The fourth-order valence-corrected chi connectivity index (χ4v) is 10.2. The van der Waals surface area contributed by atoms with Crippen LogP contribution in [0.1, 0.15) is 22.3 Å². The summed E-state index contributed by atoms with van der Waals surface area (Å²) in [5, 5.41) is 6.51. The number of aromatic nitrogens is 1. The van der Waals surface area contributed by atoms with Gasteiger partial charge < -0.3 is 14.8 Å². The van der Waals surface area contributed by atoms with Crippen molar-refractivity contribution in [2.24, 2.45) is 0 Å². The molecule has 0 atom stereocenters. The minimum absolute atomic E-state index is 0.972. The molecule has 1 aromatic heterocycles. The first-order valence-corrected chi connectivity index (χ1v) is 23.2. The minimum Gasteiger partial charge on any atom is -0.354 e. The molecule has 11 aromatic rings. The van der Waals surface area contributed by atoms with Crippen molar-refractivity contribution >= 4 is 50.2 Å². The van der Waals surface area contributed by atoms with Gasteiger partial charge in [-0.3, -0.25) is 0 Å². The number of para-hydroxylation sites is 3. The van der Waals surface area contributed by atoms with Gasteiger partial charge in [-0.25, -0.2) is 0 Å². The predicted molar refractivity (Wildman–Crippen MR) is 286 cm³/mol. The van der Waals surface area contributed by atoms with Gasteiger partial charge in [0, 0.05) is 39.0 Å². The van der Waals surface area contributed by atoms with Crippen molar-refractivity contribution in [3.05, 3.63) is 253 Å². The number of anilines is 5. The number of hydrogen-bond acceptors (Lipinski definition) is 2. The molecule has 3 heteroatoms. The van der Waals surface area contributed by atoms with Crippen LogP contribution < -0.4 is 10.2 Å². The van der Waals surface area contributed by atoms with Crippen LogP contribution in [0.3, 0.4) is 0 Å². The van der Waals surface area contributed by atoms with Gasteiger partial charge in [-0.2, -0.15) is 0 Å². The summed E-state index contributed by atoms with van der Waals surface area (Å²) >= 11 is 0. The predicted octanol–water partition coefficient (Wildman–Crippen LogP) is 17.9. The molecule has 0 fully saturated rings. The lowest BCUT2D eigenvalue weighted by atomic mass is 9.93. The van der Waals surface area contributed by atoms with E-state index < -0.39 is 0 Å². The first-order valence-electron chi connectivity index (χ1n) is 23.2. The van der Waals surface area contributed by atoms with E-state index in [2.05, 4.69) is 273 Å². The van der Waals surface area contributed by atoms with E-state index in [0.29, 0.717) is 0 Å². The monoisotopic (exact) mass is 861 g/mol. The summed E-state index contributed by atoms with van der Waals surface area (Å²) < 4.78 is 2.47. The van der Waals surface area contributed by atoms with Crippen LogP contribution in [0.2, 0.25) is 0 Å². The number of fused-ring (bicyclic) bond motifs is 3. The molecule has 0 bridgehead atoms. The zero-order valence-electron chi connectivity index (χ0n) is 38.3.